The second-order valence-electron chi connectivity index (χ2n) is 7.13. The van der Waals surface area contributed by atoms with Crippen LogP contribution in [0.5, 0.6) is 0 Å². The van der Waals surface area contributed by atoms with Crippen LogP contribution < -0.4 is 0 Å². The van der Waals surface area contributed by atoms with Crippen LogP contribution in [0.4, 0.5) is 0 Å². The summed E-state index contributed by atoms with van der Waals surface area (Å²) >= 11 is 0. The molecule has 0 amide bonds. The SMILES string of the molecule is CC(C)CCN1CC2CCCCN2CC1C(C)C. The predicted molar refractivity (Wildman–Crippen MR) is 78.9 cm³/mol. The Morgan fingerprint density at radius 1 is 1.06 bits per heavy atom. The maximum atomic E-state index is 2.80. The van der Waals surface area contributed by atoms with Crippen molar-refractivity contribution in [2.45, 2.75) is 65.5 Å². The summed E-state index contributed by atoms with van der Waals surface area (Å²) in [5.74, 6) is 1.63. The number of fused-ring (bicyclic) bond motifs is 1. The van der Waals surface area contributed by atoms with E-state index in [1.165, 1.54) is 51.9 Å². The van der Waals surface area contributed by atoms with Crippen molar-refractivity contribution in [3.63, 3.8) is 0 Å². The maximum Gasteiger partial charge on any atom is 0.0246 e. The fraction of sp³-hybridized carbons (Fsp3) is 1.00. The predicted octanol–water partition coefficient (Wildman–Crippen LogP) is 3.23. The van der Waals surface area contributed by atoms with Crippen molar-refractivity contribution in [3.05, 3.63) is 0 Å². The molecule has 2 heteroatoms. The first-order chi connectivity index (χ1) is 8.58. The van der Waals surface area contributed by atoms with E-state index in [0.717, 1.165) is 23.9 Å². The van der Waals surface area contributed by atoms with Crippen LogP contribution in [0.1, 0.15) is 53.4 Å². The Kier molecular flexibility index (Phi) is 5.08. The number of hydrogen-bond acceptors (Lipinski definition) is 2. The van der Waals surface area contributed by atoms with Gasteiger partial charge in [-0.25, -0.2) is 0 Å². The normalized spacial score (nSPS) is 31.0. The highest BCUT2D eigenvalue weighted by Crippen LogP contribution is 2.27. The van der Waals surface area contributed by atoms with Crippen LogP contribution in [0.25, 0.3) is 0 Å². The molecular formula is C16H32N2. The van der Waals surface area contributed by atoms with E-state index in [0.29, 0.717) is 0 Å². The molecule has 2 rings (SSSR count). The van der Waals surface area contributed by atoms with Crippen LogP contribution in [-0.2, 0) is 0 Å². The van der Waals surface area contributed by atoms with Crippen LogP contribution in [0.2, 0.25) is 0 Å². The molecule has 2 unspecified atom stereocenters. The van der Waals surface area contributed by atoms with Crippen LogP contribution in [0.3, 0.4) is 0 Å². The quantitative estimate of drug-likeness (QED) is 0.758. The first kappa shape index (κ1) is 14.3. The number of hydrogen-bond donors (Lipinski definition) is 0. The van der Waals surface area contributed by atoms with E-state index in [4.69, 9.17) is 0 Å². The standard InChI is InChI=1S/C16H32N2/c1-13(2)8-10-18-11-15-7-5-6-9-17(15)12-16(18)14(3)4/h13-16H,5-12H2,1-4H3. The van der Waals surface area contributed by atoms with E-state index in [2.05, 4.69) is 37.5 Å². The highest BCUT2D eigenvalue weighted by Gasteiger charge is 2.35. The molecule has 18 heavy (non-hydrogen) atoms. The molecule has 2 atom stereocenters. The minimum atomic E-state index is 0.790. The summed E-state index contributed by atoms with van der Waals surface area (Å²) in [5, 5.41) is 0. The molecule has 0 aliphatic carbocycles. The minimum absolute atomic E-state index is 0.790. The summed E-state index contributed by atoms with van der Waals surface area (Å²) in [6, 6.07) is 1.65. The Morgan fingerprint density at radius 2 is 1.83 bits per heavy atom. The summed E-state index contributed by atoms with van der Waals surface area (Å²) < 4.78 is 0. The van der Waals surface area contributed by atoms with E-state index in [1.807, 2.05) is 0 Å². The van der Waals surface area contributed by atoms with Gasteiger partial charge in [0.25, 0.3) is 0 Å². The monoisotopic (exact) mass is 252 g/mol. The molecule has 0 radical (unpaired) electrons. The highest BCUT2D eigenvalue weighted by molar-refractivity contribution is 4.91. The molecule has 2 aliphatic rings. The van der Waals surface area contributed by atoms with Gasteiger partial charge in [-0.05, 0) is 44.2 Å². The molecule has 2 nitrogen and oxygen atoms in total. The Hall–Kier alpha value is -0.0800. The average Bonchev–Trinajstić information content (AvgIpc) is 2.35. The number of rotatable bonds is 4. The van der Waals surface area contributed by atoms with Gasteiger partial charge in [0.15, 0.2) is 0 Å². The second kappa shape index (κ2) is 6.38. The highest BCUT2D eigenvalue weighted by atomic mass is 15.3. The minimum Gasteiger partial charge on any atom is -0.298 e. The topological polar surface area (TPSA) is 6.48 Å². The van der Waals surface area contributed by atoms with Crippen molar-refractivity contribution in [1.29, 1.82) is 0 Å². The maximum absolute atomic E-state index is 2.80. The lowest BCUT2D eigenvalue weighted by Crippen LogP contribution is -2.61. The Balaban J connectivity index is 1.96. The van der Waals surface area contributed by atoms with Crippen molar-refractivity contribution in [2.24, 2.45) is 11.8 Å². The largest absolute Gasteiger partial charge is 0.298 e. The molecule has 2 aliphatic heterocycles. The molecule has 2 saturated heterocycles. The molecule has 2 heterocycles. The smallest absolute Gasteiger partial charge is 0.0246 e. The molecule has 0 aromatic heterocycles. The third-order valence-electron chi connectivity index (χ3n) is 4.85. The first-order valence-corrected chi connectivity index (χ1v) is 8.06. The lowest BCUT2D eigenvalue weighted by Gasteiger charge is -2.50. The lowest BCUT2D eigenvalue weighted by molar-refractivity contribution is -0.00919. The summed E-state index contributed by atoms with van der Waals surface area (Å²) in [5.41, 5.74) is 0. The van der Waals surface area contributed by atoms with Crippen molar-refractivity contribution in [2.75, 3.05) is 26.2 Å². The third kappa shape index (κ3) is 3.48. The van der Waals surface area contributed by atoms with Gasteiger partial charge in [0.05, 0.1) is 0 Å². The van der Waals surface area contributed by atoms with Crippen molar-refractivity contribution in [1.82, 2.24) is 9.80 Å². The van der Waals surface area contributed by atoms with Crippen molar-refractivity contribution >= 4 is 0 Å². The molecule has 2 fully saturated rings. The van der Waals surface area contributed by atoms with E-state index < -0.39 is 0 Å². The Bertz CT molecular complexity index is 249. The van der Waals surface area contributed by atoms with Gasteiger partial charge in [-0.1, -0.05) is 34.1 Å². The molecule has 0 N–H and O–H groups in total. The van der Waals surface area contributed by atoms with Crippen LogP contribution in [0, 0.1) is 11.8 Å². The van der Waals surface area contributed by atoms with E-state index in [-0.39, 0.29) is 0 Å². The summed E-state index contributed by atoms with van der Waals surface area (Å²) in [7, 11) is 0. The van der Waals surface area contributed by atoms with Gasteiger partial charge in [-0.2, -0.15) is 0 Å². The zero-order valence-corrected chi connectivity index (χ0v) is 12.9. The van der Waals surface area contributed by atoms with Crippen LogP contribution in [-0.4, -0.2) is 48.1 Å². The Labute approximate surface area is 114 Å². The van der Waals surface area contributed by atoms with Gasteiger partial charge in [-0.15, -0.1) is 0 Å². The van der Waals surface area contributed by atoms with Crippen molar-refractivity contribution < 1.29 is 0 Å². The van der Waals surface area contributed by atoms with E-state index >= 15 is 0 Å². The average molecular weight is 252 g/mol. The zero-order valence-electron chi connectivity index (χ0n) is 12.9. The van der Waals surface area contributed by atoms with Gasteiger partial charge >= 0.3 is 0 Å². The van der Waals surface area contributed by atoms with Gasteiger partial charge in [0.2, 0.25) is 0 Å². The number of piperazine rings is 1. The number of piperidine rings is 1. The second-order valence-corrected chi connectivity index (χ2v) is 7.13. The molecule has 106 valence electrons. The fourth-order valence-corrected chi connectivity index (χ4v) is 3.58. The van der Waals surface area contributed by atoms with Gasteiger partial charge in [0.1, 0.15) is 0 Å². The van der Waals surface area contributed by atoms with Gasteiger partial charge in [0, 0.05) is 25.2 Å². The summed E-state index contributed by atoms with van der Waals surface area (Å²) in [6.45, 7) is 14.8. The zero-order chi connectivity index (χ0) is 13.1. The van der Waals surface area contributed by atoms with Gasteiger partial charge in [-0.3, -0.25) is 9.80 Å². The summed E-state index contributed by atoms with van der Waals surface area (Å²) in [4.78, 5) is 5.58. The van der Waals surface area contributed by atoms with Crippen molar-refractivity contribution in [3.8, 4) is 0 Å². The first-order valence-electron chi connectivity index (χ1n) is 8.06. The summed E-state index contributed by atoms with van der Waals surface area (Å²) in [6.07, 6.45) is 5.66. The third-order valence-corrected chi connectivity index (χ3v) is 4.85. The molecule has 0 aromatic carbocycles. The van der Waals surface area contributed by atoms with E-state index in [1.54, 1.807) is 0 Å². The lowest BCUT2D eigenvalue weighted by atomic mass is 9.91. The van der Waals surface area contributed by atoms with E-state index in [9.17, 15) is 0 Å². The Morgan fingerprint density at radius 3 is 2.50 bits per heavy atom. The van der Waals surface area contributed by atoms with Crippen LogP contribution in [0.15, 0.2) is 0 Å². The fourth-order valence-electron chi connectivity index (χ4n) is 3.58. The molecule has 0 bridgehead atoms. The van der Waals surface area contributed by atoms with Gasteiger partial charge < -0.3 is 0 Å². The molecule has 0 aromatic rings. The molecule has 0 saturated carbocycles. The molecular weight excluding hydrogens is 220 g/mol. The van der Waals surface area contributed by atoms with Crippen LogP contribution >= 0.6 is 0 Å². The number of nitrogens with zero attached hydrogens (tertiary/aromatic N) is 2. The molecule has 0 spiro atoms.